The maximum absolute atomic E-state index is 8.81. The summed E-state index contributed by atoms with van der Waals surface area (Å²) >= 11 is 0. The Hall–Kier alpha value is -4.14. The van der Waals surface area contributed by atoms with Gasteiger partial charge in [-0.25, -0.2) is 0 Å². The first-order valence-electron chi connectivity index (χ1n) is 5.60. The van der Waals surface area contributed by atoms with E-state index in [1.54, 1.807) is 6.92 Å². The second-order valence-electron chi connectivity index (χ2n) is 3.70. The maximum atomic E-state index is 8.81. The van der Waals surface area contributed by atoms with Gasteiger partial charge in [0.15, 0.2) is 0 Å². The van der Waals surface area contributed by atoms with Gasteiger partial charge in [-0.05, 0) is 24.6 Å². The van der Waals surface area contributed by atoms with Gasteiger partial charge in [0.2, 0.25) is 5.82 Å². The van der Waals surface area contributed by atoms with Gasteiger partial charge in [-0.15, -0.1) is 10.2 Å². The normalized spacial score (nSPS) is 9.95. The summed E-state index contributed by atoms with van der Waals surface area (Å²) in [5.74, 6) is 0.192. The van der Waals surface area contributed by atoms with Crippen LogP contribution in [0.1, 0.15) is 5.82 Å². The topological polar surface area (TPSA) is 192 Å². The van der Waals surface area contributed by atoms with Crippen molar-refractivity contribution in [3.63, 3.8) is 0 Å². The molecule has 3 rings (SSSR count). The number of nitrogens with zero attached hydrogens (tertiary/aromatic N) is 13. The van der Waals surface area contributed by atoms with E-state index in [2.05, 4.69) is 60.9 Å². The van der Waals surface area contributed by atoms with Crippen LogP contribution in [-0.4, -0.2) is 50.3 Å². The summed E-state index contributed by atoms with van der Waals surface area (Å²) in [6.45, 7) is 1.61. The van der Waals surface area contributed by atoms with Gasteiger partial charge in [0, 0.05) is 12.0 Å². The van der Waals surface area contributed by atoms with Gasteiger partial charge >= 0.3 is 23.8 Å². The summed E-state index contributed by atoms with van der Waals surface area (Å²) in [5, 5.41) is 44.8. The molecule has 22 heavy (non-hydrogen) atoms. The summed E-state index contributed by atoms with van der Waals surface area (Å²) in [4.78, 5) is 13.3. The Kier molecular flexibility index (Phi) is 2.98. The fraction of sp³-hybridized carbons (Fsp3) is 0.143. The average molecular weight is 299 g/mol. The first kappa shape index (κ1) is 12.9. The number of diazo groups is 2. The number of rotatable bonds is 3. The van der Waals surface area contributed by atoms with Crippen LogP contribution in [0.3, 0.4) is 0 Å². The zero-order valence-corrected chi connectivity index (χ0v) is 10.8. The van der Waals surface area contributed by atoms with Crippen molar-refractivity contribution in [2.24, 2.45) is 0 Å². The van der Waals surface area contributed by atoms with E-state index in [0.29, 0.717) is 5.82 Å². The quantitative estimate of drug-likeness (QED) is 0.617. The minimum absolute atomic E-state index is 0.00344. The molecule has 0 amide bonds. The van der Waals surface area contributed by atoms with Gasteiger partial charge in [-0.3, -0.25) is 5.32 Å². The molecule has 0 aliphatic rings. The van der Waals surface area contributed by atoms with Crippen LogP contribution in [-0.2, 0) is 0 Å². The van der Waals surface area contributed by atoms with E-state index in [9.17, 15) is 0 Å². The lowest BCUT2D eigenvalue weighted by Crippen LogP contribution is -2.09. The zero-order valence-electron chi connectivity index (χ0n) is 10.8. The number of aromatic amines is 1. The average Bonchev–Trinajstić information content (AvgIpc) is 3.14. The Labute approximate surface area is 120 Å². The third kappa shape index (κ3) is 2.32. The Bertz CT molecular complexity index is 887. The SMILES string of the molecule is Cc1nc([N+]#N)n(-c2nnc(Nc3nc([N+]#N)n[nH]3)nn2)n1. The molecule has 3 heterocycles. The van der Waals surface area contributed by atoms with Crippen molar-refractivity contribution in [3.8, 4) is 5.95 Å². The molecule has 0 spiro atoms. The molecule has 0 saturated carbocycles. The monoisotopic (exact) mass is 299 g/mol. The van der Waals surface area contributed by atoms with Crippen LogP contribution in [0.2, 0.25) is 0 Å². The molecular weight excluding hydrogens is 294 g/mol. The lowest BCUT2D eigenvalue weighted by atomic mass is 10.8. The molecule has 0 aliphatic carbocycles. The molecule has 15 heteroatoms. The molecule has 0 bridgehead atoms. The number of aromatic nitrogens is 10. The predicted molar refractivity (Wildman–Crippen MR) is 66.4 cm³/mol. The van der Waals surface area contributed by atoms with E-state index in [1.807, 2.05) is 0 Å². The third-order valence-electron chi connectivity index (χ3n) is 2.24. The van der Waals surface area contributed by atoms with E-state index < -0.39 is 0 Å². The van der Waals surface area contributed by atoms with Crippen LogP contribution in [0, 0.1) is 17.7 Å². The van der Waals surface area contributed by atoms with Crippen LogP contribution in [0.4, 0.5) is 23.8 Å². The van der Waals surface area contributed by atoms with Crippen molar-refractivity contribution in [2.75, 3.05) is 5.32 Å². The molecule has 0 radical (unpaired) electrons. The molecule has 0 saturated heterocycles. The van der Waals surface area contributed by atoms with Crippen molar-refractivity contribution in [2.45, 2.75) is 6.92 Å². The number of anilines is 2. The van der Waals surface area contributed by atoms with Crippen LogP contribution in [0.25, 0.3) is 15.9 Å². The van der Waals surface area contributed by atoms with Crippen LogP contribution in [0.15, 0.2) is 0 Å². The highest BCUT2D eigenvalue weighted by Gasteiger charge is 2.24. The molecule has 0 atom stereocenters. The minimum Gasteiger partial charge on any atom is -0.275 e. The van der Waals surface area contributed by atoms with Gasteiger partial charge < -0.3 is 0 Å². The lowest BCUT2D eigenvalue weighted by Gasteiger charge is -1.95. The van der Waals surface area contributed by atoms with Crippen molar-refractivity contribution in [1.29, 1.82) is 10.8 Å². The van der Waals surface area contributed by atoms with Gasteiger partial charge in [-0.1, -0.05) is 15.3 Å². The highest BCUT2D eigenvalue weighted by atomic mass is 15.5. The standard InChI is InChI=1S/C7H4N15/c1-2-10-6(14-9)22(21-2)7-19-17-5(18-20-7)12-3-11-4(13-8)16-15-3/h9H,1H3/q+1/p+1. The Morgan fingerprint density at radius 3 is 2.50 bits per heavy atom. The van der Waals surface area contributed by atoms with Crippen LogP contribution >= 0.6 is 0 Å². The van der Waals surface area contributed by atoms with E-state index in [1.165, 1.54) is 0 Å². The second-order valence-corrected chi connectivity index (χ2v) is 3.70. The van der Waals surface area contributed by atoms with Gasteiger partial charge in [0.25, 0.3) is 5.95 Å². The highest BCUT2D eigenvalue weighted by Crippen LogP contribution is 2.13. The fourth-order valence-corrected chi connectivity index (χ4v) is 1.42. The molecule has 2 N–H and O–H groups in total. The first-order chi connectivity index (χ1) is 10.7. The first-order valence-corrected chi connectivity index (χ1v) is 5.60. The van der Waals surface area contributed by atoms with Crippen molar-refractivity contribution in [1.82, 2.24) is 50.3 Å². The summed E-state index contributed by atoms with van der Waals surface area (Å²) < 4.78 is 1.07. The minimum atomic E-state index is -0.160. The Balaban J connectivity index is 1.83. The molecule has 106 valence electrons. The number of H-pyrrole nitrogens is 1. The number of aryl methyl sites for hydroxylation is 1. The predicted octanol–water partition coefficient (Wildman–Crippen LogP) is -0.0134. The molecule has 0 aromatic carbocycles. The van der Waals surface area contributed by atoms with Crippen LogP contribution < -0.4 is 5.32 Å². The third-order valence-corrected chi connectivity index (χ3v) is 2.24. The van der Waals surface area contributed by atoms with Crippen LogP contribution in [0.5, 0.6) is 0 Å². The molecule has 15 nitrogen and oxygen atoms in total. The summed E-state index contributed by atoms with van der Waals surface area (Å²) in [7, 11) is 0. The Morgan fingerprint density at radius 2 is 1.86 bits per heavy atom. The lowest BCUT2D eigenvalue weighted by molar-refractivity contribution is 0.734. The summed E-state index contributed by atoms with van der Waals surface area (Å²) in [6.07, 6.45) is 0. The highest BCUT2D eigenvalue weighted by molar-refractivity contribution is 5.43. The van der Waals surface area contributed by atoms with Gasteiger partial charge in [-0.2, -0.15) is 5.10 Å². The van der Waals surface area contributed by atoms with E-state index >= 15 is 0 Å². The molecule has 3 aromatic rings. The molecule has 0 fully saturated rings. The van der Waals surface area contributed by atoms with Gasteiger partial charge in [0.05, 0.1) is 10.8 Å². The maximum Gasteiger partial charge on any atom is 0.585 e. The van der Waals surface area contributed by atoms with E-state index in [4.69, 9.17) is 10.8 Å². The van der Waals surface area contributed by atoms with Gasteiger partial charge in [0.1, 0.15) is 0 Å². The van der Waals surface area contributed by atoms with Crippen molar-refractivity contribution >= 4 is 23.8 Å². The Morgan fingerprint density at radius 1 is 1.09 bits per heavy atom. The molecule has 0 unspecified atom stereocenters. The smallest absolute Gasteiger partial charge is 0.275 e. The molecular formula is C7H5N15+2. The molecule has 0 aliphatic heterocycles. The number of hydrogen-bond donors (Lipinski definition) is 2. The largest absolute Gasteiger partial charge is 0.585 e. The summed E-state index contributed by atoms with van der Waals surface area (Å²) in [5.41, 5.74) is 0. The van der Waals surface area contributed by atoms with Crippen molar-refractivity contribution in [3.05, 3.63) is 15.8 Å². The van der Waals surface area contributed by atoms with E-state index in [-0.39, 0.29) is 29.7 Å². The summed E-state index contributed by atoms with van der Waals surface area (Å²) in [6, 6.07) is 0. The number of hydrogen-bond acceptors (Lipinski definition) is 11. The molecule has 3 aromatic heterocycles. The zero-order chi connectivity index (χ0) is 15.5. The fourth-order valence-electron chi connectivity index (χ4n) is 1.42. The number of nitrogens with one attached hydrogen (secondary N) is 2. The second kappa shape index (κ2) is 5.09. The van der Waals surface area contributed by atoms with E-state index in [0.717, 1.165) is 4.68 Å². The van der Waals surface area contributed by atoms with Crippen molar-refractivity contribution < 1.29 is 0 Å².